The van der Waals surface area contributed by atoms with E-state index in [0.717, 1.165) is 5.56 Å². The largest absolute Gasteiger partial charge is 0.406 e. The van der Waals surface area contributed by atoms with Crippen molar-refractivity contribution >= 4 is 11.9 Å². The summed E-state index contributed by atoms with van der Waals surface area (Å²) in [6.07, 6.45) is 0.557. The van der Waals surface area contributed by atoms with Crippen molar-refractivity contribution in [2.75, 3.05) is 44.9 Å². The number of carbonyl (C=O) groups excluding carboxylic acids is 1. The fourth-order valence-electron chi connectivity index (χ4n) is 2.67. The van der Waals surface area contributed by atoms with Gasteiger partial charge in [0, 0.05) is 26.6 Å². The second kappa shape index (κ2) is 8.59. The molecule has 1 aliphatic rings. The van der Waals surface area contributed by atoms with Gasteiger partial charge in [0.1, 0.15) is 12.6 Å². The number of carbonyl (C=O) groups is 1. The van der Waals surface area contributed by atoms with Gasteiger partial charge >= 0.3 is 6.01 Å². The highest BCUT2D eigenvalue weighted by molar-refractivity contribution is 5.77. The molecule has 1 amide bonds. The van der Waals surface area contributed by atoms with Gasteiger partial charge in [0.2, 0.25) is 11.8 Å². The molecular weight excluding hydrogens is 324 g/mol. The Morgan fingerprint density at radius 1 is 1.28 bits per heavy atom. The van der Waals surface area contributed by atoms with E-state index in [1.54, 1.807) is 0 Å². The lowest BCUT2D eigenvalue weighted by Crippen LogP contribution is -2.36. The zero-order valence-corrected chi connectivity index (χ0v) is 14.2. The zero-order chi connectivity index (χ0) is 17.5. The summed E-state index contributed by atoms with van der Waals surface area (Å²) in [5.74, 6) is 0.157. The molecule has 134 valence electrons. The molecule has 1 N–H and O–H groups in total. The highest BCUT2D eigenvalue weighted by Crippen LogP contribution is 2.21. The van der Waals surface area contributed by atoms with Crippen LogP contribution in [0.1, 0.15) is 17.5 Å². The highest BCUT2D eigenvalue weighted by Gasteiger charge is 2.24. The number of aromatic nitrogens is 2. The second-order valence-corrected chi connectivity index (χ2v) is 5.77. The number of hydrogen-bond donors (Lipinski definition) is 1. The van der Waals surface area contributed by atoms with Crippen LogP contribution in [-0.4, -0.2) is 56.1 Å². The summed E-state index contributed by atoms with van der Waals surface area (Å²) >= 11 is 0. The molecule has 0 radical (unpaired) electrons. The third-order valence-corrected chi connectivity index (χ3v) is 3.90. The Morgan fingerprint density at radius 2 is 2.04 bits per heavy atom. The number of nitrogens with zero attached hydrogens (tertiary/aromatic N) is 3. The molecule has 1 aromatic carbocycles. The lowest BCUT2D eigenvalue weighted by Gasteiger charge is -2.24. The van der Waals surface area contributed by atoms with E-state index < -0.39 is 6.04 Å². The minimum atomic E-state index is -0.410. The molecule has 1 fully saturated rings. The van der Waals surface area contributed by atoms with Crippen molar-refractivity contribution in [1.82, 2.24) is 15.5 Å². The Balaban J connectivity index is 1.75. The van der Waals surface area contributed by atoms with Gasteiger partial charge in [-0.1, -0.05) is 35.4 Å². The predicted octanol–water partition coefficient (Wildman–Crippen LogP) is 0.953. The monoisotopic (exact) mass is 346 g/mol. The van der Waals surface area contributed by atoms with E-state index in [0.29, 0.717) is 44.6 Å². The van der Waals surface area contributed by atoms with Crippen LogP contribution in [0.25, 0.3) is 0 Å². The molecule has 2 heterocycles. The van der Waals surface area contributed by atoms with Gasteiger partial charge in [0.05, 0.1) is 13.2 Å². The number of hydrogen-bond acceptors (Lipinski definition) is 7. The van der Waals surface area contributed by atoms with Crippen molar-refractivity contribution in [2.24, 2.45) is 0 Å². The zero-order valence-electron chi connectivity index (χ0n) is 14.2. The number of amides is 1. The Bertz CT molecular complexity index is 670. The van der Waals surface area contributed by atoms with Crippen LogP contribution in [-0.2, 0) is 20.7 Å². The minimum absolute atomic E-state index is 0.0181. The van der Waals surface area contributed by atoms with Crippen molar-refractivity contribution in [3.05, 3.63) is 41.8 Å². The first-order valence-corrected chi connectivity index (χ1v) is 8.24. The van der Waals surface area contributed by atoms with E-state index in [1.807, 2.05) is 35.2 Å². The first-order chi connectivity index (χ1) is 12.3. The molecule has 0 saturated carbocycles. The first-order valence-electron chi connectivity index (χ1n) is 8.24. The van der Waals surface area contributed by atoms with Crippen molar-refractivity contribution in [3.8, 4) is 0 Å². The third-order valence-electron chi connectivity index (χ3n) is 3.90. The van der Waals surface area contributed by atoms with E-state index >= 15 is 0 Å². The standard InChI is InChI=1S/C17H22N4O4/c1-23-12-15(22)18-14(11-13-5-3-2-4-6-13)16-19-20-17(25-16)21-7-9-24-10-8-21/h2-6,14H,7-12H2,1H3,(H,18,22). The van der Waals surface area contributed by atoms with Gasteiger partial charge in [-0.2, -0.15) is 0 Å². The molecule has 0 aliphatic carbocycles. The normalized spacial score (nSPS) is 15.8. The number of benzene rings is 1. The van der Waals surface area contributed by atoms with Crippen LogP contribution in [0.3, 0.4) is 0 Å². The highest BCUT2D eigenvalue weighted by atomic mass is 16.5. The molecule has 1 aromatic heterocycles. The lowest BCUT2D eigenvalue weighted by molar-refractivity contribution is -0.125. The van der Waals surface area contributed by atoms with E-state index in [1.165, 1.54) is 7.11 Å². The van der Waals surface area contributed by atoms with Crippen LogP contribution in [0.15, 0.2) is 34.7 Å². The summed E-state index contributed by atoms with van der Waals surface area (Å²) in [4.78, 5) is 14.0. The van der Waals surface area contributed by atoms with Gasteiger partial charge in [-0.3, -0.25) is 4.79 Å². The maximum Gasteiger partial charge on any atom is 0.318 e. The van der Waals surface area contributed by atoms with Crippen LogP contribution in [0, 0.1) is 0 Å². The van der Waals surface area contributed by atoms with Gasteiger partial charge in [0.25, 0.3) is 0 Å². The number of anilines is 1. The summed E-state index contributed by atoms with van der Waals surface area (Å²) in [7, 11) is 1.48. The molecule has 1 unspecified atom stereocenters. The summed E-state index contributed by atoms with van der Waals surface area (Å²) in [5.41, 5.74) is 1.07. The van der Waals surface area contributed by atoms with Crippen molar-refractivity contribution < 1.29 is 18.7 Å². The van der Waals surface area contributed by atoms with Crippen LogP contribution in [0.2, 0.25) is 0 Å². The molecule has 8 nitrogen and oxygen atoms in total. The predicted molar refractivity (Wildman–Crippen MR) is 90.2 cm³/mol. The van der Waals surface area contributed by atoms with Gasteiger partial charge in [-0.15, -0.1) is 5.10 Å². The topological polar surface area (TPSA) is 89.7 Å². The number of nitrogens with one attached hydrogen (secondary N) is 1. The van der Waals surface area contributed by atoms with Gasteiger partial charge in [-0.05, 0) is 5.56 Å². The van der Waals surface area contributed by atoms with Crippen molar-refractivity contribution in [1.29, 1.82) is 0 Å². The van der Waals surface area contributed by atoms with Crippen molar-refractivity contribution in [2.45, 2.75) is 12.5 Å². The van der Waals surface area contributed by atoms with E-state index in [2.05, 4.69) is 15.5 Å². The number of methoxy groups -OCH3 is 1. The molecule has 1 atom stereocenters. The first kappa shape index (κ1) is 17.4. The van der Waals surface area contributed by atoms with E-state index in [9.17, 15) is 4.79 Å². The van der Waals surface area contributed by atoms with Crippen LogP contribution in [0.5, 0.6) is 0 Å². The molecule has 0 bridgehead atoms. The lowest BCUT2D eigenvalue weighted by atomic mass is 10.1. The Kier molecular flexibility index (Phi) is 5.97. The average Bonchev–Trinajstić information content (AvgIpc) is 3.13. The SMILES string of the molecule is COCC(=O)NC(Cc1ccccc1)c1nnc(N2CCOCC2)o1. The van der Waals surface area contributed by atoms with Crippen LogP contribution in [0.4, 0.5) is 6.01 Å². The van der Waals surface area contributed by atoms with E-state index in [-0.39, 0.29) is 12.5 Å². The smallest absolute Gasteiger partial charge is 0.318 e. The number of rotatable bonds is 7. The molecule has 25 heavy (non-hydrogen) atoms. The summed E-state index contributed by atoms with van der Waals surface area (Å²) in [5, 5.41) is 11.2. The molecular formula is C17H22N4O4. The van der Waals surface area contributed by atoms with Crippen LogP contribution < -0.4 is 10.2 Å². The fourth-order valence-corrected chi connectivity index (χ4v) is 2.67. The maximum atomic E-state index is 12.0. The quantitative estimate of drug-likeness (QED) is 0.798. The molecule has 1 aliphatic heterocycles. The average molecular weight is 346 g/mol. The van der Waals surface area contributed by atoms with Gasteiger partial charge < -0.3 is 24.1 Å². The molecule has 2 aromatic rings. The third kappa shape index (κ3) is 4.77. The van der Waals surface area contributed by atoms with Crippen molar-refractivity contribution in [3.63, 3.8) is 0 Å². The Morgan fingerprint density at radius 3 is 2.76 bits per heavy atom. The van der Waals surface area contributed by atoms with E-state index in [4.69, 9.17) is 13.9 Å². The fraction of sp³-hybridized carbons (Fsp3) is 0.471. The Labute approximate surface area is 146 Å². The Hall–Kier alpha value is -2.45. The van der Waals surface area contributed by atoms with Gasteiger partial charge in [-0.25, -0.2) is 0 Å². The van der Waals surface area contributed by atoms with Gasteiger partial charge in [0.15, 0.2) is 0 Å². The minimum Gasteiger partial charge on any atom is -0.406 e. The number of morpholine rings is 1. The molecule has 8 heteroatoms. The molecule has 1 saturated heterocycles. The summed E-state index contributed by atoms with van der Waals surface area (Å²) in [6.45, 7) is 2.67. The number of ether oxygens (including phenoxy) is 2. The molecule has 3 rings (SSSR count). The second-order valence-electron chi connectivity index (χ2n) is 5.77. The molecule has 0 spiro atoms. The maximum absolute atomic E-state index is 12.0. The summed E-state index contributed by atoms with van der Waals surface area (Å²) in [6, 6.07) is 9.89. The summed E-state index contributed by atoms with van der Waals surface area (Å²) < 4.78 is 16.1. The van der Waals surface area contributed by atoms with Crippen LogP contribution >= 0.6 is 0 Å².